The Morgan fingerprint density at radius 2 is 1.92 bits per heavy atom. The van der Waals surface area contributed by atoms with Gasteiger partial charge in [0.25, 0.3) is 0 Å². The van der Waals surface area contributed by atoms with Crippen molar-refractivity contribution in [1.82, 2.24) is 20.3 Å². The Morgan fingerprint density at radius 3 is 2.58 bits per heavy atom. The average molecular weight is 365 g/mol. The Kier molecular flexibility index (Phi) is 5.10. The van der Waals surface area contributed by atoms with E-state index in [-0.39, 0.29) is 17.0 Å². The van der Waals surface area contributed by atoms with Gasteiger partial charge in [0.1, 0.15) is 5.82 Å². The maximum atomic E-state index is 12.9. The molecule has 1 atom stereocenters. The summed E-state index contributed by atoms with van der Waals surface area (Å²) >= 11 is 2.92. The smallest absolute Gasteiger partial charge is 0.239 e. The van der Waals surface area contributed by atoms with Gasteiger partial charge in [-0.2, -0.15) is 4.98 Å². The standard InChI is InChI=1S/C15H16FN5OS2/c1-8(2)12-18-13(22-21-12)9(3)23-15-20-19-14(24-15)17-11-6-4-10(16)5-7-11/h4-9H,1-3H3,(H,17,19)/t9-/m1/s1. The number of aromatic nitrogens is 4. The van der Waals surface area contributed by atoms with Gasteiger partial charge in [0.15, 0.2) is 10.2 Å². The number of nitrogens with one attached hydrogen (secondary N) is 1. The zero-order chi connectivity index (χ0) is 17.1. The van der Waals surface area contributed by atoms with Crippen LogP contribution in [0.1, 0.15) is 43.7 Å². The summed E-state index contributed by atoms with van der Waals surface area (Å²) in [6.45, 7) is 6.02. The highest BCUT2D eigenvalue weighted by Crippen LogP contribution is 2.37. The van der Waals surface area contributed by atoms with Gasteiger partial charge < -0.3 is 9.84 Å². The topological polar surface area (TPSA) is 76.7 Å². The van der Waals surface area contributed by atoms with Crippen molar-refractivity contribution < 1.29 is 8.91 Å². The maximum absolute atomic E-state index is 12.9. The zero-order valence-electron chi connectivity index (χ0n) is 13.4. The van der Waals surface area contributed by atoms with Crippen LogP contribution in [0.15, 0.2) is 33.1 Å². The molecule has 1 N–H and O–H groups in total. The first-order chi connectivity index (χ1) is 11.5. The number of anilines is 2. The van der Waals surface area contributed by atoms with E-state index in [2.05, 4.69) is 25.7 Å². The lowest BCUT2D eigenvalue weighted by Gasteiger charge is -2.02. The number of rotatable bonds is 6. The number of hydrogen-bond acceptors (Lipinski definition) is 8. The first kappa shape index (κ1) is 16.8. The van der Waals surface area contributed by atoms with Crippen LogP contribution in [0.3, 0.4) is 0 Å². The molecule has 126 valence electrons. The van der Waals surface area contributed by atoms with E-state index in [0.717, 1.165) is 10.0 Å². The highest BCUT2D eigenvalue weighted by molar-refractivity contribution is 8.01. The summed E-state index contributed by atoms with van der Waals surface area (Å²) in [4.78, 5) is 4.40. The second-order valence-electron chi connectivity index (χ2n) is 5.41. The van der Waals surface area contributed by atoms with Crippen LogP contribution < -0.4 is 5.32 Å². The zero-order valence-corrected chi connectivity index (χ0v) is 15.0. The minimum atomic E-state index is -0.275. The van der Waals surface area contributed by atoms with E-state index in [1.807, 2.05) is 20.8 Å². The normalized spacial score (nSPS) is 12.5. The summed E-state index contributed by atoms with van der Waals surface area (Å²) in [5.41, 5.74) is 0.760. The third kappa shape index (κ3) is 4.09. The molecule has 0 aliphatic heterocycles. The first-order valence-corrected chi connectivity index (χ1v) is 9.07. The molecular formula is C15H16FN5OS2. The fourth-order valence-corrected chi connectivity index (χ4v) is 3.76. The maximum Gasteiger partial charge on any atom is 0.239 e. The monoisotopic (exact) mass is 365 g/mol. The van der Waals surface area contributed by atoms with Crippen LogP contribution >= 0.6 is 23.1 Å². The highest BCUT2D eigenvalue weighted by Gasteiger charge is 2.19. The van der Waals surface area contributed by atoms with Gasteiger partial charge >= 0.3 is 0 Å². The van der Waals surface area contributed by atoms with E-state index in [0.29, 0.717) is 16.8 Å². The molecule has 0 unspecified atom stereocenters. The molecule has 0 fully saturated rings. The molecule has 6 nitrogen and oxygen atoms in total. The molecular weight excluding hydrogens is 349 g/mol. The Hall–Kier alpha value is -2.00. The van der Waals surface area contributed by atoms with E-state index in [1.165, 1.54) is 35.2 Å². The second kappa shape index (κ2) is 7.27. The number of hydrogen-bond donors (Lipinski definition) is 1. The van der Waals surface area contributed by atoms with Gasteiger partial charge in [-0.05, 0) is 31.2 Å². The largest absolute Gasteiger partial charge is 0.338 e. The van der Waals surface area contributed by atoms with Gasteiger partial charge in [0, 0.05) is 11.6 Å². The number of benzene rings is 1. The lowest BCUT2D eigenvalue weighted by atomic mass is 10.2. The minimum Gasteiger partial charge on any atom is -0.338 e. The quantitative estimate of drug-likeness (QED) is 0.630. The molecule has 3 aromatic rings. The molecule has 24 heavy (non-hydrogen) atoms. The first-order valence-electron chi connectivity index (χ1n) is 7.37. The summed E-state index contributed by atoms with van der Waals surface area (Å²) < 4.78 is 19.0. The van der Waals surface area contributed by atoms with Crippen molar-refractivity contribution >= 4 is 33.9 Å². The van der Waals surface area contributed by atoms with Crippen LogP contribution in [-0.4, -0.2) is 20.3 Å². The van der Waals surface area contributed by atoms with Gasteiger partial charge in [0.2, 0.25) is 11.0 Å². The number of thioether (sulfide) groups is 1. The van der Waals surface area contributed by atoms with Crippen molar-refractivity contribution in [2.75, 3.05) is 5.32 Å². The van der Waals surface area contributed by atoms with E-state index in [4.69, 9.17) is 4.52 Å². The fraction of sp³-hybridized carbons (Fsp3) is 0.333. The molecule has 0 amide bonds. The third-order valence-electron chi connectivity index (χ3n) is 3.10. The van der Waals surface area contributed by atoms with Crippen molar-refractivity contribution in [3.8, 4) is 0 Å². The van der Waals surface area contributed by atoms with Crippen LogP contribution in [0.25, 0.3) is 0 Å². The molecule has 1 aromatic carbocycles. The lowest BCUT2D eigenvalue weighted by Crippen LogP contribution is -1.92. The van der Waals surface area contributed by atoms with E-state index < -0.39 is 0 Å². The Morgan fingerprint density at radius 1 is 1.17 bits per heavy atom. The van der Waals surface area contributed by atoms with Crippen molar-refractivity contribution in [3.05, 3.63) is 41.8 Å². The predicted octanol–water partition coefficient (Wildman–Crippen LogP) is 4.78. The minimum absolute atomic E-state index is 0.0170. The Bertz CT molecular complexity index is 802. The SMILES string of the molecule is CC(C)c1noc([C@@H](C)Sc2nnc(Nc3ccc(F)cc3)s2)n1. The van der Waals surface area contributed by atoms with Crippen molar-refractivity contribution in [1.29, 1.82) is 0 Å². The van der Waals surface area contributed by atoms with Gasteiger partial charge in [-0.15, -0.1) is 10.2 Å². The highest BCUT2D eigenvalue weighted by atomic mass is 32.2. The predicted molar refractivity (Wildman–Crippen MR) is 92.3 cm³/mol. The molecule has 3 rings (SSSR count). The Labute approximate surface area is 146 Å². The molecule has 0 spiro atoms. The van der Waals surface area contributed by atoms with Gasteiger partial charge in [-0.3, -0.25) is 0 Å². The summed E-state index contributed by atoms with van der Waals surface area (Å²) in [6.07, 6.45) is 0. The van der Waals surface area contributed by atoms with E-state index in [1.54, 1.807) is 12.1 Å². The van der Waals surface area contributed by atoms with Crippen LogP contribution in [0.5, 0.6) is 0 Å². The summed E-state index contributed by atoms with van der Waals surface area (Å²) in [6, 6.07) is 6.09. The average Bonchev–Trinajstić information content (AvgIpc) is 3.19. The van der Waals surface area contributed by atoms with Crippen LogP contribution in [-0.2, 0) is 0 Å². The summed E-state index contributed by atoms with van der Waals surface area (Å²) in [5.74, 6) is 1.23. The van der Waals surface area contributed by atoms with Crippen LogP contribution in [0.2, 0.25) is 0 Å². The molecule has 2 heterocycles. The van der Waals surface area contributed by atoms with Gasteiger partial charge in [-0.25, -0.2) is 4.39 Å². The molecule has 0 aliphatic rings. The molecule has 0 bridgehead atoms. The molecule has 0 saturated heterocycles. The van der Waals surface area contributed by atoms with Gasteiger partial charge in [-0.1, -0.05) is 42.1 Å². The molecule has 0 saturated carbocycles. The number of nitrogens with zero attached hydrogens (tertiary/aromatic N) is 4. The van der Waals surface area contributed by atoms with Gasteiger partial charge in [0.05, 0.1) is 5.25 Å². The van der Waals surface area contributed by atoms with E-state index in [9.17, 15) is 4.39 Å². The molecule has 0 aliphatic carbocycles. The molecule has 0 radical (unpaired) electrons. The number of halogens is 1. The van der Waals surface area contributed by atoms with Crippen LogP contribution in [0, 0.1) is 5.82 Å². The van der Waals surface area contributed by atoms with Crippen molar-refractivity contribution in [2.24, 2.45) is 0 Å². The van der Waals surface area contributed by atoms with Crippen molar-refractivity contribution in [2.45, 2.75) is 36.3 Å². The third-order valence-corrected chi connectivity index (χ3v) is 5.11. The van der Waals surface area contributed by atoms with E-state index >= 15 is 0 Å². The van der Waals surface area contributed by atoms with Crippen LogP contribution in [0.4, 0.5) is 15.2 Å². The lowest BCUT2D eigenvalue weighted by molar-refractivity contribution is 0.373. The summed E-state index contributed by atoms with van der Waals surface area (Å²) in [7, 11) is 0. The van der Waals surface area contributed by atoms with Crippen molar-refractivity contribution in [3.63, 3.8) is 0 Å². The fourth-order valence-electron chi connectivity index (χ4n) is 1.81. The summed E-state index contributed by atoms with van der Waals surface area (Å²) in [5, 5.41) is 15.9. The Balaban J connectivity index is 1.63. The molecule has 9 heteroatoms. The second-order valence-corrected chi connectivity index (χ2v) is 7.98. The molecule has 2 aromatic heterocycles.